The van der Waals surface area contributed by atoms with Crippen LogP contribution in [-0.4, -0.2) is 39.9 Å². The molecule has 3 heterocycles. The largest absolute Gasteiger partial charge is 0.394 e. The molecular formula is C16H29N5. The van der Waals surface area contributed by atoms with Gasteiger partial charge in [0.2, 0.25) is 0 Å². The average Bonchev–Trinajstić information content (AvgIpc) is 2.68. The summed E-state index contributed by atoms with van der Waals surface area (Å²) < 4.78 is 2.05. The summed E-state index contributed by atoms with van der Waals surface area (Å²) in [4.78, 5) is 2.60. The number of nitrogen functional groups attached to an aromatic ring is 1. The molecule has 1 aromatic heterocycles. The van der Waals surface area contributed by atoms with Crippen LogP contribution in [0.15, 0.2) is 0 Å². The number of hydrogen-bond donors (Lipinski definition) is 2. The van der Waals surface area contributed by atoms with E-state index in [1.165, 1.54) is 32.1 Å². The molecule has 21 heavy (non-hydrogen) atoms. The van der Waals surface area contributed by atoms with E-state index in [0.29, 0.717) is 6.04 Å². The zero-order valence-corrected chi connectivity index (χ0v) is 13.6. The zero-order chi connectivity index (χ0) is 15.0. The van der Waals surface area contributed by atoms with Crippen LogP contribution < -0.4 is 11.1 Å². The van der Waals surface area contributed by atoms with Gasteiger partial charge in [0.1, 0.15) is 5.82 Å². The van der Waals surface area contributed by atoms with E-state index in [4.69, 9.17) is 5.73 Å². The van der Waals surface area contributed by atoms with E-state index in [0.717, 1.165) is 42.2 Å². The molecule has 2 aliphatic heterocycles. The highest BCUT2D eigenvalue weighted by atomic mass is 15.3. The third-order valence-corrected chi connectivity index (χ3v) is 5.29. The molecule has 5 heteroatoms. The average molecular weight is 291 g/mol. The number of aromatic nitrogens is 2. The summed E-state index contributed by atoms with van der Waals surface area (Å²) in [5.74, 6) is 1.04. The lowest BCUT2D eigenvalue weighted by molar-refractivity contribution is 0.0607. The normalized spacial score (nSPS) is 29.6. The van der Waals surface area contributed by atoms with Gasteiger partial charge in [-0.15, -0.1) is 0 Å². The maximum Gasteiger partial charge on any atom is 0.148 e. The van der Waals surface area contributed by atoms with Crippen molar-refractivity contribution in [1.29, 1.82) is 0 Å². The van der Waals surface area contributed by atoms with Crippen molar-refractivity contribution in [2.75, 3.05) is 18.1 Å². The molecule has 0 saturated carbocycles. The van der Waals surface area contributed by atoms with Crippen molar-refractivity contribution in [1.82, 2.24) is 14.7 Å². The van der Waals surface area contributed by atoms with Gasteiger partial charge >= 0.3 is 0 Å². The highest BCUT2D eigenvalue weighted by Crippen LogP contribution is 2.35. The number of nitrogens with one attached hydrogen (secondary N) is 1. The van der Waals surface area contributed by atoms with Gasteiger partial charge < -0.3 is 16.0 Å². The molecule has 0 radical (unpaired) electrons. The monoisotopic (exact) mass is 291 g/mol. The minimum atomic E-state index is 0.533. The quantitative estimate of drug-likeness (QED) is 0.895. The molecule has 2 aliphatic rings. The minimum absolute atomic E-state index is 0.533. The Morgan fingerprint density at radius 2 is 1.95 bits per heavy atom. The number of nitrogens with zero attached hydrogens (tertiary/aromatic N) is 3. The molecule has 2 unspecified atom stereocenters. The Morgan fingerprint density at radius 1 is 1.29 bits per heavy atom. The van der Waals surface area contributed by atoms with Crippen LogP contribution in [0.1, 0.15) is 51.1 Å². The van der Waals surface area contributed by atoms with Crippen LogP contribution in [-0.2, 0) is 6.54 Å². The zero-order valence-electron chi connectivity index (χ0n) is 13.6. The molecule has 0 amide bonds. The Hall–Kier alpha value is -1.23. The Bertz CT molecular complexity index is 481. The SMILES string of the molecule is CCCn1nc(C)c(N)c1NC1CC2CCCC(C1)N2C. The second kappa shape index (κ2) is 5.87. The number of rotatable bonds is 4. The van der Waals surface area contributed by atoms with Crippen LogP contribution in [0, 0.1) is 6.92 Å². The van der Waals surface area contributed by atoms with Crippen molar-refractivity contribution in [2.45, 2.75) is 77.0 Å². The Kier molecular flexibility index (Phi) is 4.11. The van der Waals surface area contributed by atoms with E-state index in [1.807, 2.05) is 6.92 Å². The van der Waals surface area contributed by atoms with Crippen LogP contribution >= 0.6 is 0 Å². The summed E-state index contributed by atoms with van der Waals surface area (Å²) in [6.07, 6.45) is 7.60. The first kappa shape index (κ1) is 14.7. The van der Waals surface area contributed by atoms with Gasteiger partial charge in [-0.3, -0.25) is 0 Å². The molecule has 0 aliphatic carbocycles. The molecule has 2 fully saturated rings. The summed E-state index contributed by atoms with van der Waals surface area (Å²) in [5, 5.41) is 8.29. The van der Waals surface area contributed by atoms with Crippen molar-refractivity contribution in [2.24, 2.45) is 0 Å². The topological polar surface area (TPSA) is 59.1 Å². The number of anilines is 2. The first-order valence-electron chi connectivity index (χ1n) is 8.41. The molecule has 1 aromatic rings. The van der Waals surface area contributed by atoms with Crippen molar-refractivity contribution in [3.05, 3.63) is 5.69 Å². The number of aryl methyl sites for hydroxylation is 2. The van der Waals surface area contributed by atoms with Crippen molar-refractivity contribution >= 4 is 11.5 Å². The molecule has 5 nitrogen and oxygen atoms in total. The molecule has 2 bridgehead atoms. The Balaban J connectivity index is 1.75. The highest BCUT2D eigenvalue weighted by molar-refractivity contribution is 5.65. The van der Waals surface area contributed by atoms with Gasteiger partial charge in [0.25, 0.3) is 0 Å². The number of hydrogen-bond acceptors (Lipinski definition) is 4. The second-order valence-corrected chi connectivity index (χ2v) is 6.79. The lowest BCUT2D eigenvalue weighted by atomic mass is 9.82. The number of fused-ring (bicyclic) bond motifs is 2. The van der Waals surface area contributed by atoms with E-state index < -0.39 is 0 Å². The summed E-state index contributed by atoms with van der Waals surface area (Å²) in [6.45, 7) is 5.10. The van der Waals surface area contributed by atoms with Gasteiger partial charge in [0.15, 0.2) is 0 Å². The first-order valence-corrected chi connectivity index (χ1v) is 8.41. The Morgan fingerprint density at radius 3 is 2.57 bits per heavy atom. The smallest absolute Gasteiger partial charge is 0.148 e. The van der Waals surface area contributed by atoms with E-state index in [2.05, 4.69) is 34.0 Å². The van der Waals surface area contributed by atoms with Crippen LogP contribution in [0.4, 0.5) is 11.5 Å². The molecule has 3 N–H and O–H groups in total. The van der Waals surface area contributed by atoms with Crippen LogP contribution in [0.2, 0.25) is 0 Å². The first-order chi connectivity index (χ1) is 10.1. The predicted octanol–water partition coefficient (Wildman–Crippen LogP) is 2.61. The third kappa shape index (κ3) is 2.76. The molecule has 118 valence electrons. The van der Waals surface area contributed by atoms with Crippen LogP contribution in [0.3, 0.4) is 0 Å². The van der Waals surface area contributed by atoms with Crippen molar-refractivity contribution in [3.8, 4) is 0 Å². The van der Waals surface area contributed by atoms with E-state index >= 15 is 0 Å². The number of nitrogens with two attached hydrogens (primary N) is 1. The molecule has 3 rings (SSSR count). The Labute approximate surface area is 127 Å². The maximum atomic E-state index is 6.24. The lowest BCUT2D eigenvalue weighted by Crippen LogP contribution is -2.53. The fourth-order valence-electron chi connectivity index (χ4n) is 4.05. The van der Waals surface area contributed by atoms with Gasteiger partial charge in [0, 0.05) is 24.7 Å². The fourth-order valence-corrected chi connectivity index (χ4v) is 4.05. The summed E-state index contributed by atoms with van der Waals surface area (Å²) in [7, 11) is 2.30. The molecular weight excluding hydrogens is 262 g/mol. The van der Waals surface area contributed by atoms with Crippen molar-refractivity contribution < 1.29 is 0 Å². The third-order valence-electron chi connectivity index (χ3n) is 5.29. The van der Waals surface area contributed by atoms with E-state index in [-0.39, 0.29) is 0 Å². The van der Waals surface area contributed by atoms with Crippen LogP contribution in [0.5, 0.6) is 0 Å². The molecule has 0 aromatic carbocycles. The summed E-state index contributed by atoms with van der Waals surface area (Å²) in [5.41, 5.74) is 8.01. The number of piperidine rings is 2. The van der Waals surface area contributed by atoms with Gasteiger partial charge in [-0.1, -0.05) is 13.3 Å². The van der Waals surface area contributed by atoms with Gasteiger partial charge in [0.05, 0.1) is 11.4 Å². The molecule has 0 spiro atoms. The highest BCUT2D eigenvalue weighted by Gasteiger charge is 2.36. The van der Waals surface area contributed by atoms with Gasteiger partial charge in [-0.25, -0.2) is 4.68 Å². The van der Waals surface area contributed by atoms with Crippen LogP contribution in [0.25, 0.3) is 0 Å². The second-order valence-electron chi connectivity index (χ2n) is 6.79. The fraction of sp³-hybridized carbons (Fsp3) is 0.812. The van der Waals surface area contributed by atoms with E-state index in [9.17, 15) is 0 Å². The maximum absolute atomic E-state index is 6.24. The minimum Gasteiger partial charge on any atom is -0.394 e. The molecule has 2 saturated heterocycles. The lowest BCUT2D eigenvalue weighted by Gasteiger charge is -2.47. The summed E-state index contributed by atoms with van der Waals surface area (Å²) in [6, 6.07) is 2.00. The molecule has 2 atom stereocenters. The standard InChI is InChI=1S/C16H29N5/c1-4-8-21-16(15(17)11(2)19-21)18-12-9-13-6-5-7-14(10-12)20(13)3/h12-14,18H,4-10,17H2,1-3H3. The van der Waals surface area contributed by atoms with Crippen molar-refractivity contribution in [3.63, 3.8) is 0 Å². The van der Waals surface area contributed by atoms with Gasteiger partial charge in [-0.05, 0) is 46.1 Å². The summed E-state index contributed by atoms with van der Waals surface area (Å²) >= 11 is 0. The van der Waals surface area contributed by atoms with E-state index in [1.54, 1.807) is 0 Å². The van der Waals surface area contributed by atoms with Gasteiger partial charge in [-0.2, -0.15) is 5.10 Å². The predicted molar refractivity (Wildman–Crippen MR) is 87.5 cm³/mol.